The number of ketones is 1. The van der Waals surface area contributed by atoms with Gasteiger partial charge in [-0.2, -0.15) is 8.78 Å². The first kappa shape index (κ1) is 27.5. The maximum Gasteiger partial charge on any atom is 0.334 e. The lowest BCUT2D eigenvalue weighted by molar-refractivity contribution is -0.192. The molecule has 0 radical (unpaired) electrons. The summed E-state index contributed by atoms with van der Waals surface area (Å²) in [5, 5.41) is 0. The van der Waals surface area contributed by atoms with Crippen molar-refractivity contribution in [1.29, 1.82) is 0 Å². The van der Waals surface area contributed by atoms with Crippen LogP contribution in [0.1, 0.15) is 76.2 Å². The van der Waals surface area contributed by atoms with Crippen molar-refractivity contribution in [3.8, 4) is 0 Å². The number of benzene rings is 1. The minimum atomic E-state index is -3.56. The van der Waals surface area contributed by atoms with E-state index < -0.39 is 11.7 Å². The van der Waals surface area contributed by atoms with E-state index in [1.165, 1.54) is 31.4 Å². The Morgan fingerprint density at radius 2 is 1.83 bits per heavy atom. The maximum atomic E-state index is 14.7. The molecular formula is C28H38F2O5. The highest BCUT2D eigenvalue weighted by atomic mass is 19.3. The second-order valence-corrected chi connectivity index (χ2v) is 9.58. The third kappa shape index (κ3) is 8.21. The quantitative estimate of drug-likeness (QED) is 0.182. The molecular weight excluding hydrogens is 454 g/mol. The zero-order chi connectivity index (χ0) is 25.1. The van der Waals surface area contributed by atoms with Gasteiger partial charge in [-0.25, -0.2) is 0 Å². The fourth-order valence-electron chi connectivity index (χ4n) is 5.08. The van der Waals surface area contributed by atoms with Gasteiger partial charge in [0.05, 0.1) is 13.2 Å². The number of unbranched alkanes of at least 4 members (excludes halogenated alkanes) is 3. The van der Waals surface area contributed by atoms with Crippen LogP contribution in [-0.4, -0.2) is 37.9 Å². The van der Waals surface area contributed by atoms with Gasteiger partial charge in [-0.1, -0.05) is 55.7 Å². The highest BCUT2D eigenvalue weighted by Crippen LogP contribution is 2.40. The molecule has 7 heteroatoms. The summed E-state index contributed by atoms with van der Waals surface area (Å²) in [5.74, 6) is -4.80. The van der Waals surface area contributed by atoms with Crippen molar-refractivity contribution in [3.05, 3.63) is 48.0 Å². The molecule has 0 aromatic heterocycles. The van der Waals surface area contributed by atoms with E-state index in [2.05, 4.69) is 4.74 Å². The Morgan fingerprint density at radius 3 is 2.54 bits per heavy atom. The minimum absolute atomic E-state index is 0.105. The summed E-state index contributed by atoms with van der Waals surface area (Å²) in [7, 11) is 1.40. The summed E-state index contributed by atoms with van der Waals surface area (Å²) in [4.78, 5) is 23.7. The summed E-state index contributed by atoms with van der Waals surface area (Å²) < 4.78 is 46.1. The molecule has 2 aliphatic rings. The molecule has 1 aromatic rings. The van der Waals surface area contributed by atoms with Crippen molar-refractivity contribution in [2.75, 3.05) is 13.7 Å². The summed E-state index contributed by atoms with van der Waals surface area (Å²) in [6.45, 7) is 0.675. The van der Waals surface area contributed by atoms with E-state index in [4.69, 9.17) is 9.47 Å². The first-order valence-corrected chi connectivity index (χ1v) is 12.9. The topological polar surface area (TPSA) is 61.8 Å². The average Bonchev–Trinajstić information content (AvgIpc) is 3.26. The van der Waals surface area contributed by atoms with Gasteiger partial charge >= 0.3 is 11.9 Å². The predicted octanol–water partition coefficient (Wildman–Crippen LogP) is 6.36. The predicted molar refractivity (Wildman–Crippen MR) is 129 cm³/mol. The molecule has 0 spiro atoms. The molecule has 1 unspecified atom stereocenters. The lowest BCUT2D eigenvalue weighted by Gasteiger charge is -2.29. The highest BCUT2D eigenvalue weighted by Gasteiger charge is 2.40. The van der Waals surface area contributed by atoms with Crippen LogP contribution in [-0.2, 0) is 29.7 Å². The van der Waals surface area contributed by atoms with Gasteiger partial charge in [0.25, 0.3) is 0 Å². The molecule has 1 aliphatic carbocycles. The molecule has 1 saturated carbocycles. The smallest absolute Gasteiger partial charge is 0.334 e. The number of methoxy groups -OCH3 is 1. The molecule has 0 amide bonds. The van der Waals surface area contributed by atoms with Gasteiger partial charge in [0.2, 0.25) is 5.78 Å². The Kier molecular flexibility index (Phi) is 10.9. The zero-order valence-electron chi connectivity index (χ0n) is 20.6. The van der Waals surface area contributed by atoms with Crippen molar-refractivity contribution >= 4 is 11.8 Å². The lowest BCUT2D eigenvalue weighted by atomic mass is 9.88. The molecule has 5 nitrogen and oxygen atoms in total. The van der Waals surface area contributed by atoms with E-state index in [0.717, 1.165) is 70.3 Å². The number of hydrogen-bond acceptors (Lipinski definition) is 5. The minimum Gasteiger partial charge on any atom is -0.469 e. The Balaban J connectivity index is 1.60. The molecule has 1 aliphatic heterocycles. The van der Waals surface area contributed by atoms with Crippen LogP contribution in [0.3, 0.4) is 0 Å². The Hall–Kier alpha value is -2.12. The lowest BCUT2D eigenvalue weighted by Crippen LogP contribution is -2.31. The van der Waals surface area contributed by atoms with Crippen molar-refractivity contribution in [2.45, 2.75) is 88.9 Å². The second-order valence-electron chi connectivity index (χ2n) is 9.58. The number of ether oxygens (including phenoxy) is 3. The van der Waals surface area contributed by atoms with E-state index in [1.54, 1.807) is 12.1 Å². The van der Waals surface area contributed by atoms with Crippen molar-refractivity contribution in [2.24, 2.45) is 11.8 Å². The molecule has 1 heterocycles. The SMILES string of the molecule is COC(=O)CCCCCC[C@H]1CC[C@@H](OC2CCCCO2)[C@@H]1/C=C/C(=O)C(F)(F)c1ccccc1. The standard InChI is InChI=1S/C28H38F2O5/c1-33-26(32)14-8-3-2-5-11-21-16-18-24(35-27-15-9-10-20-34-27)23(21)17-19-25(31)28(29,30)22-12-6-4-7-13-22/h4,6-7,12-13,17,19,21,23-24,27H,2-3,5,8-11,14-16,18,20H2,1H3/b19-17+/t21-,23+,24+,27?/m0/s1. The monoisotopic (exact) mass is 492 g/mol. The molecule has 2 fully saturated rings. The Labute approximate surface area is 207 Å². The third-order valence-corrected chi connectivity index (χ3v) is 7.11. The van der Waals surface area contributed by atoms with Crippen LogP contribution >= 0.6 is 0 Å². The zero-order valence-corrected chi connectivity index (χ0v) is 20.6. The van der Waals surface area contributed by atoms with Crippen LogP contribution in [0, 0.1) is 11.8 Å². The third-order valence-electron chi connectivity index (χ3n) is 7.11. The van der Waals surface area contributed by atoms with E-state index in [9.17, 15) is 18.4 Å². The summed E-state index contributed by atoms with van der Waals surface area (Å²) in [6.07, 6.45) is 12.1. The van der Waals surface area contributed by atoms with Crippen LogP contribution in [0.5, 0.6) is 0 Å². The van der Waals surface area contributed by atoms with Gasteiger partial charge in [0.1, 0.15) is 0 Å². The number of halogens is 2. The Morgan fingerprint density at radius 1 is 1.06 bits per heavy atom. The molecule has 1 saturated heterocycles. The summed E-state index contributed by atoms with van der Waals surface area (Å²) in [6, 6.07) is 7.21. The van der Waals surface area contributed by atoms with Crippen LogP contribution in [0.15, 0.2) is 42.5 Å². The number of carbonyl (C=O) groups excluding carboxylic acids is 2. The van der Waals surface area contributed by atoms with Crippen molar-refractivity contribution in [3.63, 3.8) is 0 Å². The van der Waals surface area contributed by atoms with Gasteiger partial charge in [-0.3, -0.25) is 9.59 Å². The fourth-order valence-corrected chi connectivity index (χ4v) is 5.08. The normalized spacial score (nSPS) is 25.1. The van der Waals surface area contributed by atoms with Gasteiger partial charge in [-0.15, -0.1) is 0 Å². The van der Waals surface area contributed by atoms with E-state index >= 15 is 0 Å². The maximum absolute atomic E-state index is 14.7. The second kappa shape index (κ2) is 13.8. The molecule has 3 rings (SSSR count). The summed E-state index contributed by atoms with van der Waals surface area (Å²) >= 11 is 0. The van der Waals surface area contributed by atoms with Gasteiger partial charge in [0, 0.05) is 24.5 Å². The first-order chi connectivity index (χ1) is 16.9. The van der Waals surface area contributed by atoms with E-state index in [1.807, 2.05) is 0 Å². The number of alkyl halides is 2. The Bertz CT molecular complexity index is 820. The van der Waals surface area contributed by atoms with Crippen molar-refractivity contribution < 1.29 is 32.6 Å². The number of rotatable bonds is 13. The van der Waals surface area contributed by atoms with Gasteiger partial charge in [0.15, 0.2) is 6.29 Å². The number of allylic oxidation sites excluding steroid dienone is 1. The van der Waals surface area contributed by atoms with E-state index in [0.29, 0.717) is 13.0 Å². The molecule has 194 valence electrons. The van der Waals surface area contributed by atoms with Gasteiger partial charge < -0.3 is 14.2 Å². The molecule has 0 bridgehead atoms. The number of esters is 1. The fraction of sp³-hybridized carbons (Fsp3) is 0.643. The summed E-state index contributed by atoms with van der Waals surface area (Å²) in [5.41, 5.74) is -0.298. The first-order valence-electron chi connectivity index (χ1n) is 12.9. The molecule has 4 atom stereocenters. The average molecular weight is 493 g/mol. The number of carbonyl (C=O) groups is 2. The number of hydrogen-bond donors (Lipinski definition) is 0. The van der Waals surface area contributed by atoms with Crippen LogP contribution in [0.4, 0.5) is 8.78 Å². The molecule has 1 aromatic carbocycles. The van der Waals surface area contributed by atoms with E-state index in [-0.39, 0.29) is 35.8 Å². The van der Waals surface area contributed by atoms with Crippen LogP contribution in [0.2, 0.25) is 0 Å². The van der Waals surface area contributed by atoms with Gasteiger partial charge in [-0.05, 0) is 56.9 Å². The highest BCUT2D eigenvalue weighted by molar-refractivity contribution is 5.96. The molecule has 0 N–H and O–H groups in total. The largest absolute Gasteiger partial charge is 0.469 e. The van der Waals surface area contributed by atoms with Crippen LogP contribution in [0.25, 0.3) is 0 Å². The van der Waals surface area contributed by atoms with Crippen LogP contribution < -0.4 is 0 Å². The molecule has 35 heavy (non-hydrogen) atoms. The van der Waals surface area contributed by atoms with Crippen molar-refractivity contribution in [1.82, 2.24) is 0 Å².